The molecule has 0 amide bonds. The van der Waals surface area contributed by atoms with Gasteiger partial charge in [-0.3, -0.25) is 9.80 Å². The van der Waals surface area contributed by atoms with Crippen molar-refractivity contribution < 1.29 is 9.84 Å². The van der Waals surface area contributed by atoms with Gasteiger partial charge in [-0.2, -0.15) is 0 Å². The summed E-state index contributed by atoms with van der Waals surface area (Å²) in [5, 5.41) is 9.66. The van der Waals surface area contributed by atoms with Gasteiger partial charge in [0.05, 0.1) is 6.61 Å². The maximum Gasteiger partial charge on any atom is 0.123 e. The molecule has 0 spiro atoms. The molecule has 2 fully saturated rings. The Hall–Kier alpha value is -1.14. The first kappa shape index (κ1) is 21.6. The van der Waals surface area contributed by atoms with Crippen molar-refractivity contribution in [2.75, 3.05) is 52.5 Å². The van der Waals surface area contributed by atoms with Crippen LogP contribution in [0.5, 0.6) is 5.75 Å². The van der Waals surface area contributed by atoms with Gasteiger partial charge in [0.15, 0.2) is 0 Å². The summed E-state index contributed by atoms with van der Waals surface area (Å²) in [5.74, 6) is 0.999. The van der Waals surface area contributed by atoms with Crippen LogP contribution in [-0.2, 0) is 6.54 Å². The number of aliphatic hydroxyl groups is 1. The topological polar surface area (TPSA) is 39.2 Å². The Morgan fingerprint density at radius 3 is 2.57 bits per heavy atom. The average Bonchev–Trinajstić information content (AvgIpc) is 2.72. The predicted molar refractivity (Wildman–Crippen MR) is 115 cm³/mol. The molecule has 2 aliphatic heterocycles. The van der Waals surface area contributed by atoms with Crippen molar-refractivity contribution in [3.8, 4) is 5.75 Å². The lowest BCUT2D eigenvalue weighted by Gasteiger charge is -2.46. The summed E-state index contributed by atoms with van der Waals surface area (Å²) in [5.41, 5.74) is 1.26. The third-order valence-electron chi connectivity index (χ3n) is 6.36. The summed E-state index contributed by atoms with van der Waals surface area (Å²) in [4.78, 5) is 7.87. The van der Waals surface area contributed by atoms with Crippen LogP contribution >= 0.6 is 0 Å². The molecule has 0 bridgehead atoms. The number of para-hydroxylation sites is 1. The molecular weight excluding hydrogens is 350 g/mol. The first-order chi connectivity index (χ1) is 13.7. The van der Waals surface area contributed by atoms with Crippen molar-refractivity contribution in [1.29, 1.82) is 0 Å². The molecule has 0 unspecified atom stereocenters. The molecule has 0 aromatic heterocycles. The van der Waals surface area contributed by atoms with E-state index in [0.29, 0.717) is 18.7 Å². The van der Waals surface area contributed by atoms with Crippen LogP contribution in [0.4, 0.5) is 0 Å². The molecular formula is C23H39N3O2. The second-order valence-corrected chi connectivity index (χ2v) is 8.25. The number of likely N-dealkylation sites (tertiary alicyclic amines) is 1. The minimum absolute atomic E-state index is 0.261. The molecule has 0 aliphatic carbocycles. The summed E-state index contributed by atoms with van der Waals surface area (Å²) in [6, 6.07) is 9.52. The fourth-order valence-electron chi connectivity index (χ4n) is 4.85. The molecule has 3 rings (SSSR count). The Labute approximate surface area is 171 Å². The molecule has 2 aliphatic rings. The van der Waals surface area contributed by atoms with Crippen molar-refractivity contribution in [1.82, 2.24) is 14.7 Å². The normalized spacial score (nSPS) is 23.2. The van der Waals surface area contributed by atoms with Crippen LogP contribution in [0.15, 0.2) is 24.3 Å². The SMILES string of the molecule is CCCN1CCC(N2CCN(Cc3ccccc3OCC)[C@@H](CCO)C2)CC1. The Kier molecular flexibility index (Phi) is 8.59. The van der Waals surface area contributed by atoms with Crippen LogP contribution in [0.1, 0.15) is 45.1 Å². The molecule has 0 saturated carbocycles. The molecule has 0 radical (unpaired) electrons. The fourth-order valence-corrected chi connectivity index (χ4v) is 4.85. The smallest absolute Gasteiger partial charge is 0.123 e. The molecule has 1 aromatic rings. The van der Waals surface area contributed by atoms with Crippen molar-refractivity contribution in [2.45, 2.75) is 58.2 Å². The van der Waals surface area contributed by atoms with Gasteiger partial charge in [-0.15, -0.1) is 0 Å². The lowest BCUT2D eigenvalue weighted by atomic mass is 9.99. The average molecular weight is 390 g/mol. The number of aliphatic hydroxyl groups excluding tert-OH is 1. The molecule has 158 valence electrons. The zero-order valence-corrected chi connectivity index (χ0v) is 17.9. The van der Waals surface area contributed by atoms with Gasteiger partial charge in [0.2, 0.25) is 0 Å². The second-order valence-electron chi connectivity index (χ2n) is 8.25. The van der Waals surface area contributed by atoms with E-state index in [-0.39, 0.29) is 6.61 Å². The van der Waals surface area contributed by atoms with Crippen LogP contribution < -0.4 is 4.74 Å². The quantitative estimate of drug-likeness (QED) is 0.703. The molecule has 5 nitrogen and oxygen atoms in total. The van der Waals surface area contributed by atoms with Crippen molar-refractivity contribution in [2.24, 2.45) is 0 Å². The third-order valence-corrected chi connectivity index (χ3v) is 6.36. The van der Waals surface area contributed by atoms with E-state index in [2.05, 4.69) is 39.8 Å². The van der Waals surface area contributed by atoms with Gasteiger partial charge in [0.1, 0.15) is 5.75 Å². The van der Waals surface area contributed by atoms with E-state index in [4.69, 9.17) is 4.74 Å². The highest BCUT2D eigenvalue weighted by atomic mass is 16.5. The first-order valence-electron chi connectivity index (χ1n) is 11.3. The Balaban J connectivity index is 1.59. The molecule has 28 heavy (non-hydrogen) atoms. The Morgan fingerprint density at radius 2 is 1.86 bits per heavy atom. The van der Waals surface area contributed by atoms with Crippen LogP contribution in [-0.4, -0.2) is 84.4 Å². The van der Waals surface area contributed by atoms with Gasteiger partial charge in [-0.1, -0.05) is 25.1 Å². The number of piperazine rings is 1. The second kappa shape index (κ2) is 11.1. The standard InChI is InChI=1S/C23H39N3O2/c1-3-12-24-13-9-21(10-14-24)26-16-15-25(22(19-26)11-17-27)18-20-7-5-6-8-23(20)28-4-2/h5-8,21-22,27H,3-4,9-19H2,1-2H3/t22-/m0/s1. The summed E-state index contributed by atoms with van der Waals surface area (Å²) in [6.45, 7) is 13.2. The number of hydrogen-bond acceptors (Lipinski definition) is 5. The highest BCUT2D eigenvalue weighted by Crippen LogP contribution is 2.26. The molecule has 2 saturated heterocycles. The third kappa shape index (κ3) is 5.69. The van der Waals surface area contributed by atoms with E-state index in [1.54, 1.807) is 0 Å². The molecule has 1 N–H and O–H groups in total. The first-order valence-corrected chi connectivity index (χ1v) is 11.3. The van der Waals surface area contributed by atoms with Crippen LogP contribution in [0.3, 0.4) is 0 Å². The summed E-state index contributed by atoms with van der Waals surface area (Å²) < 4.78 is 5.83. The number of rotatable bonds is 9. The van der Waals surface area contributed by atoms with Gasteiger partial charge in [-0.25, -0.2) is 0 Å². The van der Waals surface area contributed by atoms with Gasteiger partial charge >= 0.3 is 0 Å². The fraction of sp³-hybridized carbons (Fsp3) is 0.739. The summed E-state index contributed by atoms with van der Waals surface area (Å²) >= 11 is 0. The molecule has 1 atom stereocenters. The minimum Gasteiger partial charge on any atom is -0.494 e. The molecule has 1 aromatic carbocycles. The van der Waals surface area contributed by atoms with Gasteiger partial charge in [0.25, 0.3) is 0 Å². The number of nitrogens with zero attached hydrogens (tertiary/aromatic N) is 3. The highest BCUT2D eigenvalue weighted by Gasteiger charge is 2.32. The van der Waals surface area contributed by atoms with E-state index in [0.717, 1.165) is 38.3 Å². The number of piperidine rings is 1. The maximum atomic E-state index is 9.66. The lowest BCUT2D eigenvalue weighted by Crippen LogP contribution is -2.57. The van der Waals surface area contributed by atoms with E-state index in [9.17, 15) is 5.11 Å². The number of benzene rings is 1. The summed E-state index contributed by atoms with van der Waals surface area (Å²) in [7, 11) is 0. The number of hydrogen-bond donors (Lipinski definition) is 1. The minimum atomic E-state index is 0.261. The van der Waals surface area contributed by atoms with Crippen molar-refractivity contribution >= 4 is 0 Å². The maximum absolute atomic E-state index is 9.66. The van der Waals surface area contributed by atoms with Crippen LogP contribution in [0.2, 0.25) is 0 Å². The van der Waals surface area contributed by atoms with Gasteiger partial charge < -0.3 is 14.7 Å². The lowest BCUT2D eigenvalue weighted by molar-refractivity contribution is 0.0128. The van der Waals surface area contributed by atoms with Crippen molar-refractivity contribution in [3.05, 3.63) is 29.8 Å². The Bertz CT molecular complexity index is 575. The van der Waals surface area contributed by atoms with Gasteiger partial charge in [0, 0.05) is 50.4 Å². The van der Waals surface area contributed by atoms with E-state index < -0.39 is 0 Å². The monoisotopic (exact) mass is 389 g/mol. The van der Waals surface area contributed by atoms with E-state index in [1.165, 1.54) is 44.5 Å². The highest BCUT2D eigenvalue weighted by molar-refractivity contribution is 5.33. The predicted octanol–water partition coefficient (Wildman–Crippen LogP) is 2.83. The number of ether oxygens (including phenoxy) is 1. The van der Waals surface area contributed by atoms with E-state index >= 15 is 0 Å². The van der Waals surface area contributed by atoms with Crippen LogP contribution in [0, 0.1) is 0 Å². The molecule has 5 heteroatoms. The van der Waals surface area contributed by atoms with Gasteiger partial charge in [-0.05, 0) is 58.3 Å². The zero-order chi connectivity index (χ0) is 19.8. The van der Waals surface area contributed by atoms with Crippen LogP contribution in [0.25, 0.3) is 0 Å². The Morgan fingerprint density at radius 1 is 1.07 bits per heavy atom. The van der Waals surface area contributed by atoms with E-state index in [1.807, 2.05) is 13.0 Å². The molecule has 2 heterocycles. The van der Waals surface area contributed by atoms with Crippen molar-refractivity contribution in [3.63, 3.8) is 0 Å². The zero-order valence-electron chi connectivity index (χ0n) is 17.9. The largest absolute Gasteiger partial charge is 0.494 e. The summed E-state index contributed by atoms with van der Waals surface area (Å²) in [6.07, 6.45) is 4.69.